The Morgan fingerprint density at radius 2 is 0.937 bits per heavy atom. The van der Waals surface area contributed by atoms with E-state index in [1.54, 1.807) is 28.6 Å². The molecule has 1 aliphatic carbocycles. The maximum absolute atomic E-state index is 12.8. The van der Waals surface area contributed by atoms with Crippen LogP contribution in [0.25, 0.3) is 32.9 Å². The van der Waals surface area contributed by atoms with Gasteiger partial charge in [0.1, 0.15) is 35.7 Å². The molecule has 2 heterocycles. The molecular weight excluding hydrogens is 1000 g/mol. The summed E-state index contributed by atoms with van der Waals surface area (Å²) in [6.07, 6.45) is 14.9. The summed E-state index contributed by atoms with van der Waals surface area (Å²) in [5, 5.41) is 38.2. The smallest absolute Gasteiger partial charge is 0.243 e. The average molecular weight is 1080 g/mol. The molecule has 0 spiro atoms. The Hall–Kier alpha value is -7.76. The molecule has 9 rings (SSSR count). The van der Waals surface area contributed by atoms with Gasteiger partial charge in [0, 0.05) is 52.7 Å². The van der Waals surface area contributed by atoms with Gasteiger partial charge in [0.15, 0.2) is 5.78 Å². The van der Waals surface area contributed by atoms with Crippen LogP contribution in [-0.2, 0) is 21.0 Å². The number of rotatable bonds is 27. The number of para-hydroxylation sites is 1. The minimum Gasteiger partial charge on any atom is -0.494 e. The quantitative estimate of drug-likeness (QED) is 0.0136. The number of unbranched alkanes of at least 4 members (excludes halogenated alkanes) is 12. The first-order valence-electron chi connectivity index (χ1n) is 27.7. The van der Waals surface area contributed by atoms with Crippen LogP contribution in [0.1, 0.15) is 154 Å². The molecule has 1 unspecified atom stereocenters. The number of H-pyrrole nitrogens is 1. The van der Waals surface area contributed by atoms with Crippen molar-refractivity contribution in [3.8, 4) is 34.1 Å². The first-order chi connectivity index (χ1) is 38.7. The van der Waals surface area contributed by atoms with E-state index in [0.717, 1.165) is 147 Å². The third-order valence-corrected chi connectivity index (χ3v) is 14.0. The van der Waals surface area contributed by atoms with Crippen LogP contribution in [0.2, 0.25) is 0 Å². The molecule has 2 aliphatic rings. The average Bonchev–Trinajstić information content (AvgIpc) is 4.11. The van der Waals surface area contributed by atoms with Gasteiger partial charge in [-0.05, 0) is 109 Å². The number of aromatic nitrogens is 1. The van der Waals surface area contributed by atoms with Crippen LogP contribution in [0.5, 0.6) is 23.0 Å². The largest absolute Gasteiger partial charge is 0.494 e. The number of ether oxygens (including phenoxy) is 4. The monoisotopic (exact) mass is 1080 g/mol. The number of carbonyl (C=O) groups is 4. The van der Waals surface area contributed by atoms with Crippen molar-refractivity contribution in [1.29, 1.82) is 0 Å². The van der Waals surface area contributed by atoms with E-state index < -0.39 is 6.10 Å². The third kappa shape index (κ3) is 17.6. The van der Waals surface area contributed by atoms with Crippen molar-refractivity contribution in [3.05, 3.63) is 155 Å². The molecule has 418 valence electrons. The number of benzene rings is 6. The molecule has 6 aromatic carbocycles. The highest BCUT2D eigenvalue weighted by molar-refractivity contribution is 6.12. The molecule has 0 radical (unpaired) electrons. The molecule has 1 aromatic heterocycles. The van der Waals surface area contributed by atoms with Crippen LogP contribution in [0.15, 0.2) is 127 Å². The number of hydroxylamine groups is 3. The predicted octanol–water partition coefficient (Wildman–Crippen LogP) is 12.6. The van der Waals surface area contributed by atoms with E-state index in [9.17, 15) is 24.3 Å². The molecule has 0 fully saturated rings. The lowest BCUT2D eigenvalue weighted by Gasteiger charge is -2.10. The standard InChI is InChI=1S/C22H25NO5.C21H25NO4.C20H24N2O3/c24-21(23-26)10-4-2-1-3-7-13-27-17-11-12-20-19(14-17)22(25)18-9-6-5-8-16(18)15-28-20;23-20(22-25)10-4-2-1-3-7-13-26-15-11-12-17-16-8-5-6-9-18(16)21(24)19(17)14-15;23-20(22-24)10-4-2-1-3-7-13-25-15-11-12-17-16-8-5-6-9-18(16)21-19(17)14-15/h5-6,8-9,11-12,14,26H,1-4,7,10,13,15H2,(H,23,24);5-6,8-9,11-12,14,21,24-25H,1-4,7,10,13H2,(H,22,23);5-6,8-9,11-12,14,21,24H,1-4,7,10,13H2,(H,22,23). The van der Waals surface area contributed by atoms with E-state index in [1.807, 2.05) is 84.9 Å². The zero-order chi connectivity index (χ0) is 55.6. The number of hydrogen-bond acceptors (Lipinski definition) is 12. The molecule has 0 saturated carbocycles. The van der Waals surface area contributed by atoms with Crippen molar-refractivity contribution in [3.63, 3.8) is 0 Å². The topological polar surface area (TPSA) is 238 Å². The summed E-state index contributed by atoms with van der Waals surface area (Å²) in [7, 11) is 0. The maximum Gasteiger partial charge on any atom is 0.243 e. The van der Waals surface area contributed by atoms with Gasteiger partial charge in [0.05, 0.1) is 30.9 Å². The summed E-state index contributed by atoms with van der Waals surface area (Å²) >= 11 is 0. The second-order valence-electron chi connectivity index (χ2n) is 19.8. The maximum atomic E-state index is 12.8. The van der Waals surface area contributed by atoms with Gasteiger partial charge in [-0.2, -0.15) is 0 Å². The Labute approximate surface area is 461 Å². The van der Waals surface area contributed by atoms with Gasteiger partial charge in [-0.3, -0.25) is 34.8 Å². The summed E-state index contributed by atoms with van der Waals surface area (Å²) in [4.78, 5) is 48.9. The molecule has 8 N–H and O–H groups in total. The van der Waals surface area contributed by atoms with Crippen LogP contribution in [0, 0.1) is 0 Å². The zero-order valence-electron chi connectivity index (χ0n) is 44.8. The fourth-order valence-corrected chi connectivity index (χ4v) is 9.74. The lowest BCUT2D eigenvalue weighted by molar-refractivity contribution is -0.130. The summed E-state index contributed by atoms with van der Waals surface area (Å²) in [6.45, 7) is 2.29. The molecule has 3 amide bonds. The number of ketones is 1. The van der Waals surface area contributed by atoms with Crippen molar-refractivity contribution in [1.82, 2.24) is 21.4 Å². The minimum absolute atomic E-state index is 0.0412. The first-order valence-corrected chi connectivity index (χ1v) is 27.7. The number of aliphatic hydroxyl groups is 1. The normalized spacial score (nSPS) is 12.7. The summed E-state index contributed by atoms with van der Waals surface area (Å²) in [6, 6.07) is 41.2. The number of amides is 3. The van der Waals surface area contributed by atoms with E-state index in [1.165, 1.54) is 10.8 Å². The highest BCUT2D eigenvalue weighted by Crippen LogP contribution is 2.44. The predicted molar refractivity (Wildman–Crippen MR) is 302 cm³/mol. The van der Waals surface area contributed by atoms with Gasteiger partial charge in [-0.1, -0.05) is 131 Å². The zero-order valence-corrected chi connectivity index (χ0v) is 44.8. The molecule has 16 heteroatoms. The third-order valence-electron chi connectivity index (χ3n) is 14.0. The number of aromatic amines is 1. The fraction of sp³-hybridized carbons (Fsp3) is 0.365. The van der Waals surface area contributed by atoms with Gasteiger partial charge >= 0.3 is 0 Å². The van der Waals surface area contributed by atoms with Crippen LogP contribution in [-0.4, -0.2) is 69.0 Å². The minimum atomic E-state index is -0.583. The van der Waals surface area contributed by atoms with Gasteiger partial charge < -0.3 is 29.0 Å². The number of hydrogen-bond donors (Lipinski definition) is 8. The first kappa shape index (κ1) is 58.9. The molecule has 0 bridgehead atoms. The molecule has 1 aliphatic heterocycles. The van der Waals surface area contributed by atoms with Crippen LogP contribution < -0.4 is 35.4 Å². The Bertz CT molecular complexity index is 3080. The Morgan fingerprint density at radius 3 is 1.56 bits per heavy atom. The summed E-state index contributed by atoms with van der Waals surface area (Å²) in [5.41, 5.74) is 13.3. The number of carbonyl (C=O) groups excluding carboxylic acids is 4. The lowest BCUT2D eigenvalue weighted by atomic mass is 9.99. The van der Waals surface area contributed by atoms with E-state index in [-0.39, 0.29) is 23.5 Å². The van der Waals surface area contributed by atoms with E-state index in [2.05, 4.69) is 35.3 Å². The molecule has 16 nitrogen and oxygen atoms in total. The van der Waals surface area contributed by atoms with Gasteiger partial charge in [-0.25, -0.2) is 16.4 Å². The van der Waals surface area contributed by atoms with Gasteiger partial charge in [-0.15, -0.1) is 0 Å². The molecule has 79 heavy (non-hydrogen) atoms. The molecule has 0 saturated heterocycles. The Balaban J connectivity index is 0.000000172. The summed E-state index contributed by atoms with van der Waals surface area (Å²) < 4.78 is 23.3. The lowest BCUT2D eigenvalue weighted by Crippen LogP contribution is -2.17. The second-order valence-corrected chi connectivity index (χ2v) is 19.8. The Kier molecular flexibility index (Phi) is 23.6. The molecule has 1 atom stereocenters. The number of nitrogens with one attached hydrogen (secondary N) is 4. The summed E-state index contributed by atoms with van der Waals surface area (Å²) in [5.74, 6) is 1.90. The van der Waals surface area contributed by atoms with Crippen LogP contribution in [0.3, 0.4) is 0 Å². The van der Waals surface area contributed by atoms with E-state index in [4.69, 9.17) is 34.6 Å². The van der Waals surface area contributed by atoms with Crippen molar-refractivity contribution in [2.45, 2.75) is 128 Å². The van der Waals surface area contributed by atoms with Crippen LogP contribution in [0.4, 0.5) is 0 Å². The van der Waals surface area contributed by atoms with Crippen molar-refractivity contribution in [2.75, 3.05) is 19.8 Å². The van der Waals surface area contributed by atoms with Crippen molar-refractivity contribution < 1.29 is 58.9 Å². The molecule has 7 aromatic rings. The van der Waals surface area contributed by atoms with Gasteiger partial charge in [0.2, 0.25) is 17.7 Å². The van der Waals surface area contributed by atoms with Gasteiger partial charge in [0.25, 0.3) is 0 Å². The van der Waals surface area contributed by atoms with Crippen molar-refractivity contribution >= 4 is 45.3 Å². The SMILES string of the molecule is O=C(CCCCCCCOc1ccc2c(c1)C(=O)c1ccccc1CO2)NO.O=C(CCCCCCCOc1ccc2c(c1)C(O)c1ccccc1-2)NO.O=C(CCCCCCCOc1ccc2c(c1)[nH]c1ccccc12)NO. The number of fused-ring (bicyclic) bond motifs is 8. The fourth-order valence-electron chi connectivity index (χ4n) is 9.74. The van der Waals surface area contributed by atoms with Crippen molar-refractivity contribution in [2.24, 2.45) is 0 Å². The Morgan fingerprint density at radius 1 is 0.468 bits per heavy atom. The van der Waals surface area contributed by atoms with E-state index in [0.29, 0.717) is 68.3 Å². The number of aliphatic hydroxyl groups excluding tert-OH is 1. The van der Waals surface area contributed by atoms with E-state index >= 15 is 0 Å². The second kappa shape index (κ2) is 31.6. The van der Waals surface area contributed by atoms with Crippen LogP contribution >= 0.6 is 0 Å². The highest BCUT2D eigenvalue weighted by Gasteiger charge is 2.27. The highest BCUT2D eigenvalue weighted by atomic mass is 16.5. The molecular formula is C63H74N4O12.